The number of hydrogen-bond donors (Lipinski definition) is 1. The summed E-state index contributed by atoms with van der Waals surface area (Å²) in [7, 11) is -0.760. The highest BCUT2D eigenvalue weighted by molar-refractivity contribution is 7.92. The normalized spacial score (nSPS) is 12.1. The van der Waals surface area contributed by atoms with E-state index in [1.54, 1.807) is 37.3 Å². The third-order valence-electron chi connectivity index (χ3n) is 5.29. The summed E-state index contributed by atoms with van der Waals surface area (Å²) in [5.74, 6) is -0.874. The van der Waals surface area contributed by atoms with Gasteiger partial charge in [0.15, 0.2) is 0 Å². The summed E-state index contributed by atoms with van der Waals surface area (Å²) >= 11 is 6.14. The van der Waals surface area contributed by atoms with Crippen LogP contribution in [0, 0.1) is 5.82 Å². The van der Waals surface area contributed by atoms with E-state index in [2.05, 4.69) is 5.32 Å². The molecule has 1 N–H and O–H groups in total. The van der Waals surface area contributed by atoms with Crippen molar-refractivity contribution in [2.24, 2.45) is 0 Å². The number of rotatable bonds is 11. The highest BCUT2D eigenvalue weighted by Gasteiger charge is 2.27. The topological polar surface area (TPSA) is 96.0 Å². The Balaban J connectivity index is 2.18. The van der Waals surface area contributed by atoms with Gasteiger partial charge in [-0.05, 0) is 37.6 Å². The molecule has 1 atom stereocenters. The second-order valence-electron chi connectivity index (χ2n) is 7.66. The summed E-state index contributed by atoms with van der Waals surface area (Å²) in [5.41, 5.74) is 0.611. The van der Waals surface area contributed by atoms with Crippen LogP contribution in [-0.2, 0) is 26.2 Å². The van der Waals surface area contributed by atoms with E-state index in [-0.39, 0.29) is 36.5 Å². The maximum absolute atomic E-state index is 14.2. The van der Waals surface area contributed by atoms with E-state index >= 15 is 0 Å². The van der Waals surface area contributed by atoms with Crippen LogP contribution in [0.25, 0.3) is 0 Å². The SMILES string of the molecule is CNC(=O)[C@H](C)N(Cc1ccccc1F)C(=O)CCCN(c1ccc(OC)c(Cl)c1)S(C)(=O)=O. The molecule has 0 spiro atoms. The Hall–Kier alpha value is -2.85. The molecule has 0 aliphatic heterocycles. The summed E-state index contributed by atoms with van der Waals surface area (Å²) in [4.78, 5) is 26.5. The van der Waals surface area contributed by atoms with Gasteiger partial charge < -0.3 is 15.0 Å². The van der Waals surface area contributed by atoms with Crippen LogP contribution in [0.5, 0.6) is 5.75 Å². The second kappa shape index (κ2) is 12.0. The van der Waals surface area contributed by atoms with Gasteiger partial charge in [-0.15, -0.1) is 0 Å². The van der Waals surface area contributed by atoms with E-state index in [1.165, 1.54) is 31.2 Å². The maximum atomic E-state index is 14.2. The van der Waals surface area contributed by atoms with Gasteiger partial charge in [0.1, 0.15) is 17.6 Å². The largest absolute Gasteiger partial charge is 0.495 e. The van der Waals surface area contributed by atoms with Gasteiger partial charge in [0.25, 0.3) is 0 Å². The van der Waals surface area contributed by atoms with Crippen molar-refractivity contribution in [2.45, 2.75) is 32.4 Å². The Labute approximate surface area is 204 Å². The lowest BCUT2D eigenvalue weighted by Gasteiger charge is -2.29. The number of carbonyl (C=O) groups excluding carboxylic acids is 2. The fourth-order valence-corrected chi connectivity index (χ4v) is 4.63. The number of likely N-dealkylation sites (N-methyl/N-ethyl adjacent to an activating group) is 1. The Kier molecular flexibility index (Phi) is 9.69. The van der Waals surface area contributed by atoms with Gasteiger partial charge in [0.2, 0.25) is 21.8 Å². The number of ether oxygens (including phenoxy) is 1. The van der Waals surface area contributed by atoms with Crippen molar-refractivity contribution < 1.29 is 27.1 Å². The predicted molar refractivity (Wildman–Crippen MR) is 130 cm³/mol. The Morgan fingerprint density at radius 3 is 2.44 bits per heavy atom. The molecule has 0 aliphatic carbocycles. The molecule has 0 saturated heterocycles. The third kappa shape index (κ3) is 7.07. The molecule has 0 saturated carbocycles. The first-order valence-electron chi connectivity index (χ1n) is 10.5. The molecule has 186 valence electrons. The number of sulfonamides is 1. The van der Waals surface area contributed by atoms with Crippen LogP contribution in [0.3, 0.4) is 0 Å². The van der Waals surface area contributed by atoms with Crippen molar-refractivity contribution in [1.82, 2.24) is 10.2 Å². The van der Waals surface area contributed by atoms with Crippen molar-refractivity contribution in [3.63, 3.8) is 0 Å². The first kappa shape index (κ1) is 27.4. The minimum absolute atomic E-state index is 0.00905. The number of benzene rings is 2. The monoisotopic (exact) mass is 513 g/mol. The second-order valence-corrected chi connectivity index (χ2v) is 9.97. The number of nitrogens with zero attached hydrogens (tertiary/aromatic N) is 2. The first-order chi connectivity index (χ1) is 16.0. The molecule has 0 heterocycles. The molecular weight excluding hydrogens is 485 g/mol. The lowest BCUT2D eigenvalue weighted by atomic mass is 10.1. The van der Waals surface area contributed by atoms with Crippen molar-refractivity contribution in [1.29, 1.82) is 0 Å². The minimum Gasteiger partial charge on any atom is -0.495 e. The Bertz CT molecular complexity index is 1130. The third-order valence-corrected chi connectivity index (χ3v) is 6.78. The lowest BCUT2D eigenvalue weighted by Crippen LogP contribution is -2.47. The number of amides is 2. The molecule has 0 bridgehead atoms. The molecule has 0 fully saturated rings. The van der Waals surface area contributed by atoms with Crippen molar-refractivity contribution in [3.05, 3.63) is 58.9 Å². The molecule has 0 aromatic heterocycles. The molecule has 11 heteroatoms. The van der Waals surface area contributed by atoms with Crippen LogP contribution in [0.15, 0.2) is 42.5 Å². The first-order valence-corrected chi connectivity index (χ1v) is 12.8. The number of hydrogen-bond acceptors (Lipinski definition) is 5. The predicted octanol–water partition coefficient (Wildman–Crippen LogP) is 3.20. The van der Waals surface area contributed by atoms with Crippen LogP contribution in [-0.4, -0.2) is 58.1 Å². The molecule has 34 heavy (non-hydrogen) atoms. The van der Waals surface area contributed by atoms with E-state index in [0.717, 1.165) is 10.6 Å². The number of anilines is 1. The summed E-state index contributed by atoms with van der Waals surface area (Å²) in [6.07, 6.45) is 1.18. The molecule has 2 aromatic carbocycles. The van der Waals surface area contributed by atoms with E-state index in [1.807, 2.05) is 0 Å². The van der Waals surface area contributed by atoms with Crippen LogP contribution < -0.4 is 14.4 Å². The smallest absolute Gasteiger partial charge is 0.242 e. The van der Waals surface area contributed by atoms with Gasteiger partial charge in [-0.25, -0.2) is 12.8 Å². The molecular formula is C23H29ClFN3O5S. The fourth-order valence-electron chi connectivity index (χ4n) is 3.42. The van der Waals surface area contributed by atoms with Crippen molar-refractivity contribution in [2.75, 3.05) is 31.3 Å². The molecule has 0 aliphatic rings. The zero-order valence-corrected chi connectivity index (χ0v) is 21.1. The van der Waals surface area contributed by atoms with Gasteiger partial charge in [-0.2, -0.15) is 0 Å². The maximum Gasteiger partial charge on any atom is 0.242 e. The molecule has 0 unspecified atom stereocenters. The van der Waals surface area contributed by atoms with E-state index in [4.69, 9.17) is 16.3 Å². The van der Waals surface area contributed by atoms with E-state index in [0.29, 0.717) is 11.4 Å². The quantitative estimate of drug-likeness (QED) is 0.498. The van der Waals surface area contributed by atoms with Gasteiger partial charge in [-0.1, -0.05) is 29.8 Å². The average Bonchev–Trinajstić information content (AvgIpc) is 2.79. The summed E-state index contributed by atoms with van der Waals surface area (Å²) in [5, 5.41) is 2.74. The molecule has 0 radical (unpaired) electrons. The van der Waals surface area contributed by atoms with Gasteiger partial charge >= 0.3 is 0 Å². The van der Waals surface area contributed by atoms with Gasteiger partial charge in [0, 0.05) is 32.1 Å². The highest BCUT2D eigenvalue weighted by atomic mass is 35.5. The lowest BCUT2D eigenvalue weighted by molar-refractivity contribution is -0.140. The van der Waals surface area contributed by atoms with Crippen molar-refractivity contribution in [3.8, 4) is 5.75 Å². The van der Waals surface area contributed by atoms with E-state index < -0.39 is 33.7 Å². The number of carbonyl (C=O) groups is 2. The van der Waals surface area contributed by atoms with Crippen LogP contribution >= 0.6 is 11.6 Å². The Morgan fingerprint density at radius 2 is 1.88 bits per heavy atom. The van der Waals surface area contributed by atoms with Crippen LogP contribution in [0.2, 0.25) is 5.02 Å². The number of nitrogens with one attached hydrogen (secondary N) is 1. The minimum atomic E-state index is -3.67. The summed E-state index contributed by atoms with van der Waals surface area (Å²) in [6.45, 7) is 1.47. The zero-order chi connectivity index (χ0) is 25.5. The van der Waals surface area contributed by atoms with Gasteiger partial charge in [0.05, 0.1) is 24.1 Å². The molecule has 2 rings (SSSR count). The molecule has 8 nitrogen and oxygen atoms in total. The average molecular weight is 514 g/mol. The van der Waals surface area contributed by atoms with Crippen LogP contribution in [0.4, 0.5) is 10.1 Å². The van der Waals surface area contributed by atoms with Crippen LogP contribution in [0.1, 0.15) is 25.3 Å². The zero-order valence-electron chi connectivity index (χ0n) is 19.5. The number of methoxy groups -OCH3 is 1. The fraction of sp³-hybridized carbons (Fsp3) is 0.391. The molecule has 2 aromatic rings. The number of halogens is 2. The highest BCUT2D eigenvalue weighted by Crippen LogP contribution is 2.30. The summed E-state index contributed by atoms with van der Waals surface area (Å²) < 4.78 is 45.2. The molecule has 2 amide bonds. The van der Waals surface area contributed by atoms with Gasteiger partial charge in [-0.3, -0.25) is 13.9 Å². The Morgan fingerprint density at radius 1 is 1.21 bits per heavy atom. The van der Waals surface area contributed by atoms with Crippen molar-refractivity contribution >= 4 is 39.1 Å². The summed E-state index contributed by atoms with van der Waals surface area (Å²) in [6, 6.07) is 9.77. The standard InChI is InChI=1S/C23H29ClFN3O5S/c1-16(23(30)26-2)27(15-17-8-5-6-9-20(17)25)22(29)10-7-13-28(34(4,31)32)18-11-12-21(33-3)19(24)14-18/h5-6,8-9,11-12,14,16H,7,10,13,15H2,1-4H3,(H,26,30)/t16-/m0/s1. The van der Waals surface area contributed by atoms with E-state index in [9.17, 15) is 22.4 Å².